The molecule has 1 aromatic carbocycles. The first-order chi connectivity index (χ1) is 12.7. The maximum absolute atomic E-state index is 13.9. The number of likely N-dealkylation sites (N-methyl/N-ethyl adjacent to an activating group) is 1. The van der Waals surface area contributed by atoms with Crippen molar-refractivity contribution >= 4 is 35.6 Å². The monoisotopic (exact) mass is 521 g/mol. The van der Waals surface area contributed by atoms with Gasteiger partial charge in [0.1, 0.15) is 11.6 Å². The van der Waals surface area contributed by atoms with E-state index in [-0.39, 0.29) is 36.6 Å². The first kappa shape index (κ1) is 24.7. The van der Waals surface area contributed by atoms with Crippen LogP contribution in [0.1, 0.15) is 6.42 Å². The van der Waals surface area contributed by atoms with Gasteiger partial charge < -0.3 is 15.5 Å². The number of guanidine groups is 1. The Hall–Kier alpha value is -1.37. The van der Waals surface area contributed by atoms with E-state index in [1.807, 2.05) is 4.90 Å². The molecule has 1 atom stereocenters. The number of nitrogens with one attached hydrogen (secondary N) is 2. The Balaban J connectivity index is 0.00000392. The molecule has 1 aliphatic heterocycles. The molecule has 28 heavy (non-hydrogen) atoms. The van der Waals surface area contributed by atoms with Crippen molar-refractivity contribution in [3.63, 3.8) is 0 Å². The van der Waals surface area contributed by atoms with Crippen molar-refractivity contribution in [1.29, 1.82) is 0 Å². The Morgan fingerprint density at radius 1 is 1.32 bits per heavy atom. The van der Waals surface area contributed by atoms with Gasteiger partial charge in [-0.3, -0.25) is 9.89 Å². The molecule has 0 bridgehead atoms. The molecule has 0 radical (unpaired) electrons. The summed E-state index contributed by atoms with van der Waals surface area (Å²) in [5.41, 5.74) is 0.345. The molecule has 1 saturated heterocycles. The normalized spacial score (nSPS) is 17.6. The third-order valence-corrected chi connectivity index (χ3v) is 4.24. The van der Waals surface area contributed by atoms with E-state index in [1.165, 1.54) is 24.1 Å². The minimum Gasteiger partial charge on any atom is -0.367 e. The van der Waals surface area contributed by atoms with E-state index in [2.05, 4.69) is 15.6 Å². The molecule has 1 fully saturated rings. The number of hydrogen-bond acceptors (Lipinski definition) is 3. The number of halogens is 6. The Labute approximate surface area is 178 Å². The molecule has 2 N–H and O–H groups in total. The van der Waals surface area contributed by atoms with Crippen LogP contribution in [0.2, 0.25) is 0 Å². The first-order valence-corrected chi connectivity index (χ1v) is 8.60. The lowest BCUT2D eigenvalue weighted by Crippen LogP contribution is -2.46. The van der Waals surface area contributed by atoms with E-state index in [0.717, 1.165) is 12.5 Å². The van der Waals surface area contributed by atoms with Crippen molar-refractivity contribution in [2.24, 2.45) is 4.99 Å². The molecule has 160 valence electrons. The van der Waals surface area contributed by atoms with Crippen molar-refractivity contribution < 1.29 is 22.0 Å². The van der Waals surface area contributed by atoms with Crippen LogP contribution in [0.3, 0.4) is 0 Å². The van der Waals surface area contributed by atoms with Gasteiger partial charge >= 0.3 is 6.18 Å². The van der Waals surface area contributed by atoms with Crippen molar-refractivity contribution in [2.45, 2.75) is 18.6 Å². The lowest BCUT2D eigenvalue weighted by atomic mass is 10.2. The van der Waals surface area contributed by atoms with E-state index >= 15 is 0 Å². The van der Waals surface area contributed by atoms with Crippen LogP contribution >= 0.6 is 24.0 Å². The zero-order valence-corrected chi connectivity index (χ0v) is 18.0. The molecule has 0 spiro atoms. The van der Waals surface area contributed by atoms with Crippen molar-refractivity contribution in [1.82, 2.24) is 15.5 Å². The summed E-state index contributed by atoms with van der Waals surface area (Å²) in [7, 11) is 2.97. The number of anilines is 1. The van der Waals surface area contributed by atoms with Gasteiger partial charge in [-0.1, -0.05) is 0 Å². The quantitative estimate of drug-likeness (QED) is 0.262. The second-order valence-electron chi connectivity index (χ2n) is 6.52. The van der Waals surface area contributed by atoms with Crippen LogP contribution in [0.5, 0.6) is 0 Å². The summed E-state index contributed by atoms with van der Waals surface area (Å²) in [6, 6.07) is 3.48. The Kier molecular flexibility index (Phi) is 9.67. The van der Waals surface area contributed by atoms with Gasteiger partial charge in [0, 0.05) is 45.3 Å². The van der Waals surface area contributed by atoms with Gasteiger partial charge in [0.05, 0.1) is 12.2 Å². The maximum atomic E-state index is 13.9. The number of benzene rings is 1. The van der Waals surface area contributed by atoms with Gasteiger partial charge in [0.2, 0.25) is 0 Å². The van der Waals surface area contributed by atoms with E-state index in [4.69, 9.17) is 0 Å². The highest BCUT2D eigenvalue weighted by atomic mass is 127. The molecular weight excluding hydrogens is 496 g/mol. The Morgan fingerprint density at radius 2 is 2.04 bits per heavy atom. The molecule has 0 aliphatic carbocycles. The number of rotatable bonds is 6. The van der Waals surface area contributed by atoms with E-state index in [1.54, 1.807) is 7.05 Å². The smallest absolute Gasteiger partial charge is 0.367 e. The molecule has 0 saturated carbocycles. The van der Waals surface area contributed by atoms with Crippen LogP contribution in [0, 0.1) is 11.6 Å². The SMILES string of the molecule is CN=C(NCCN(C)CC(F)(F)F)NC1CCN(c2ccc(F)cc2F)C1.I. The fourth-order valence-electron chi connectivity index (χ4n) is 2.97. The second kappa shape index (κ2) is 11.0. The lowest BCUT2D eigenvalue weighted by molar-refractivity contribution is -0.142. The van der Waals surface area contributed by atoms with Gasteiger partial charge in [-0.05, 0) is 25.6 Å². The van der Waals surface area contributed by atoms with Gasteiger partial charge in [0.15, 0.2) is 5.96 Å². The first-order valence-electron chi connectivity index (χ1n) is 8.60. The number of aliphatic imine (C=N–C) groups is 1. The maximum Gasteiger partial charge on any atom is 0.401 e. The van der Waals surface area contributed by atoms with Crippen LogP contribution < -0.4 is 15.5 Å². The molecule has 11 heteroatoms. The largest absolute Gasteiger partial charge is 0.401 e. The zero-order valence-electron chi connectivity index (χ0n) is 15.7. The fourth-order valence-corrected chi connectivity index (χ4v) is 2.97. The van der Waals surface area contributed by atoms with Gasteiger partial charge in [0.25, 0.3) is 0 Å². The average Bonchev–Trinajstić information content (AvgIpc) is 3.00. The third kappa shape index (κ3) is 7.94. The molecule has 1 heterocycles. The summed E-state index contributed by atoms with van der Waals surface area (Å²) in [6.45, 7) is 0.650. The van der Waals surface area contributed by atoms with Gasteiger partial charge in [-0.2, -0.15) is 13.2 Å². The lowest BCUT2D eigenvalue weighted by Gasteiger charge is -2.22. The molecule has 1 unspecified atom stereocenters. The predicted octanol–water partition coefficient (Wildman–Crippen LogP) is 2.82. The minimum atomic E-state index is -4.22. The number of alkyl halides is 3. The highest BCUT2D eigenvalue weighted by molar-refractivity contribution is 14.0. The van der Waals surface area contributed by atoms with Crippen LogP contribution in [-0.4, -0.2) is 69.9 Å². The van der Waals surface area contributed by atoms with Gasteiger partial charge in [-0.15, -0.1) is 24.0 Å². The summed E-state index contributed by atoms with van der Waals surface area (Å²) < 4.78 is 63.8. The number of nitrogens with zero attached hydrogens (tertiary/aromatic N) is 3. The average molecular weight is 521 g/mol. The van der Waals surface area contributed by atoms with Crippen molar-refractivity contribution in [3.8, 4) is 0 Å². The highest BCUT2D eigenvalue weighted by Crippen LogP contribution is 2.24. The highest BCUT2D eigenvalue weighted by Gasteiger charge is 2.29. The summed E-state index contributed by atoms with van der Waals surface area (Å²) >= 11 is 0. The summed E-state index contributed by atoms with van der Waals surface area (Å²) in [6.07, 6.45) is -3.50. The minimum absolute atomic E-state index is 0. The molecule has 5 nitrogen and oxygen atoms in total. The van der Waals surface area contributed by atoms with E-state index in [9.17, 15) is 22.0 Å². The molecule has 1 aromatic rings. The molecule has 0 amide bonds. The van der Waals surface area contributed by atoms with Gasteiger partial charge in [-0.25, -0.2) is 8.78 Å². The third-order valence-electron chi connectivity index (χ3n) is 4.24. The summed E-state index contributed by atoms with van der Waals surface area (Å²) in [5, 5.41) is 6.15. The van der Waals surface area contributed by atoms with Crippen LogP contribution in [0.15, 0.2) is 23.2 Å². The molecule has 2 rings (SSSR count). The Bertz CT molecular complexity index is 655. The van der Waals surface area contributed by atoms with E-state index in [0.29, 0.717) is 31.3 Å². The predicted molar refractivity (Wildman–Crippen MR) is 110 cm³/mol. The van der Waals surface area contributed by atoms with Crippen LogP contribution in [-0.2, 0) is 0 Å². The fraction of sp³-hybridized carbons (Fsp3) is 0.588. The van der Waals surface area contributed by atoms with Crippen molar-refractivity contribution in [3.05, 3.63) is 29.8 Å². The second-order valence-corrected chi connectivity index (χ2v) is 6.52. The summed E-state index contributed by atoms with van der Waals surface area (Å²) in [5.74, 6) is -0.752. The molecular formula is C17H25F5IN5. The Morgan fingerprint density at radius 3 is 2.64 bits per heavy atom. The van der Waals surface area contributed by atoms with Crippen molar-refractivity contribution in [2.75, 3.05) is 51.7 Å². The standard InChI is InChI=1S/C17H24F5N5.HI/c1-23-16(24-6-8-26(2)11-17(20,21)22)25-13-5-7-27(10-13)15-4-3-12(18)9-14(15)19;/h3-4,9,13H,5-8,10-11H2,1-2H3,(H2,23,24,25);1H. The zero-order chi connectivity index (χ0) is 20.0. The topological polar surface area (TPSA) is 42.9 Å². The molecule has 0 aromatic heterocycles. The summed E-state index contributed by atoms with van der Waals surface area (Å²) in [4.78, 5) is 7.05. The number of hydrogen-bond donors (Lipinski definition) is 2. The van der Waals surface area contributed by atoms with Crippen LogP contribution in [0.25, 0.3) is 0 Å². The van der Waals surface area contributed by atoms with Crippen LogP contribution in [0.4, 0.5) is 27.6 Å². The van der Waals surface area contributed by atoms with E-state index < -0.39 is 24.4 Å². The molecule has 1 aliphatic rings.